The van der Waals surface area contributed by atoms with Crippen molar-refractivity contribution in [1.29, 1.82) is 0 Å². The molecule has 7 nitrogen and oxygen atoms in total. The number of imidazole rings is 1. The van der Waals surface area contributed by atoms with Crippen LogP contribution in [0.15, 0.2) is 59.5 Å². The summed E-state index contributed by atoms with van der Waals surface area (Å²) in [6.45, 7) is 1.80. The highest BCUT2D eigenvalue weighted by atomic mass is 19.1. The number of halogens is 1. The second-order valence-electron chi connectivity index (χ2n) is 6.07. The molecule has 28 heavy (non-hydrogen) atoms. The van der Waals surface area contributed by atoms with Crippen LogP contribution >= 0.6 is 0 Å². The first kappa shape index (κ1) is 17.6. The van der Waals surface area contributed by atoms with E-state index in [4.69, 9.17) is 4.42 Å². The quantitative estimate of drug-likeness (QED) is 0.555. The Morgan fingerprint density at radius 3 is 2.82 bits per heavy atom. The predicted octanol–water partition coefficient (Wildman–Crippen LogP) is 3.50. The Bertz CT molecular complexity index is 1120. The lowest BCUT2D eigenvalue weighted by molar-refractivity contribution is 0.0944. The lowest BCUT2D eigenvalue weighted by Gasteiger charge is -2.02. The monoisotopic (exact) mass is 377 g/mol. The zero-order chi connectivity index (χ0) is 19.5. The van der Waals surface area contributed by atoms with Crippen LogP contribution in [0.1, 0.15) is 22.1 Å². The second kappa shape index (κ2) is 7.43. The summed E-state index contributed by atoms with van der Waals surface area (Å²) in [6, 6.07) is 11.7. The molecule has 3 aromatic heterocycles. The summed E-state index contributed by atoms with van der Waals surface area (Å²) < 4.78 is 18.8. The van der Waals surface area contributed by atoms with Gasteiger partial charge in [0.1, 0.15) is 17.4 Å². The van der Waals surface area contributed by atoms with Crippen molar-refractivity contribution in [2.24, 2.45) is 0 Å². The zero-order valence-electron chi connectivity index (χ0n) is 14.9. The Balaban J connectivity index is 1.65. The van der Waals surface area contributed by atoms with Gasteiger partial charge in [-0.25, -0.2) is 14.4 Å². The molecule has 0 bridgehead atoms. The number of benzene rings is 1. The van der Waals surface area contributed by atoms with Crippen LogP contribution in [-0.2, 0) is 6.54 Å². The summed E-state index contributed by atoms with van der Waals surface area (Å²) in [7, 11) is 0. The molecule has 8 heteroatoms. The van der Waals surface area contributed by atoms with Gasteiger partial charge in [-0.1, -0.05) is 18.2 Å². The van der Waals surface area contributed by atoms with Crippen molar-refractivity contribution >= 4 is 5.91 Å². The number of nitrogens with zero attached hydrogens (tertiary/aromatic N) is 3. The van der Waals surface area contributed by atoms with Gasteiger partial charge in [0.25, 0.3) is 5.91 Å². The highest BCUT2D eigenvalue weighted by molar-refractivity contribution is 5.93. The van der Waals surface area contributed by atoms with E-state index < -0.39 is 0 Å². The van der Waals surface area contributed by atoms with E-state index in [1.807, 2.05) is 18.2 Å². The van der Waals surface area contributed by atoms with Crippen LogP contribution < -0.4 is 5.32 Å². The number of H-pyrrole nitrogens is 1. The molecule has 0 atom stereocenters. The Kier molecular flexibility index (Phi) is 4.67. The van der Waals surface area contributed by atoms with Crippen LogP contribution in [0.3, 0.4) is 0 Å². The Morgan fingerprint density at radius 2 is 2.11 bits per heavy atom. The minimum atomic E-state index is -0.366. The fraction of sp³-hybridized carbons (Fsp3) is 0.100. The van der Waals surface area contributed by atoms with Gasteiger partial charge in [0.2, 0.25) is 0 Å². The van der Waals surface area contributed by atoms with Crippen LogP contribution in [0.5, 0.6) is 0 Å². The molecule has 3 heterocycles. The number of aryl methyl sites for hydroxylation is 1. The van der Waals surface area contributed by atoms with E-state index in [2.05, 4.69) is 25.3 Å². The number of hydrogen-bond acceptors (Lipinski definition) is 5. The standard InChI is InChI=1S/C20H16FN5O2/c1-12-17(24-11-28-12)20(27)23-10-16-25-18(13-5-4-6-14(21)9-13)19(26-16)15-7-2-3-8-22-15/h2-9,11H,10H2,1H3,(H,23,27)(H,25,26). The molecule has 0 aliphatic carbocycles. The summed E-state index contributed by atoms with van der Waals surface area (Å²) >= 11 is 0. The SMILES string of the molecule is Cc1ocnc1C(=O)NCc1nc(-c2cccc(F)c2)c(-c2ccccn2)[nH]1. The average Bonchev–Trinajstić information content (AvgIpc) is 3.33. The highest BCUT2D eigenvalue weighted by Gasteiger charge is 2.17. The third kappa shape index (κ3) is 3.52. The van der Waals surface area contributed by atoms with E-state index in [1.54, 1.807) is 25.3 Å². The minimum absolute atomic E-state index is 0.139. The van der Waals surface area contributed by atoms with Gasteiger partial charge >= 0.3 is 0 Å². The van der Waals surface area contributed by atoms with E-state index in [9.17, 15) is 9.18 Å². The number of carbonyl (C=O) groups excluding carboxylic acids is 1. The average molecular weight is 377 g/mol. The van der Waals surface area contributed by atoms with Crippen LogP contribution in [0.25, 0.3) is 22.6 Å². The topological polar surface area (TPSA) is 96.7 Å². The maximum atomic E-state index is 13.7. The lowest BCUT2D eigenvalue weighted by atomic mass is 10.1. The molecular weight excluding hydrogens is 361 g/mol. The van der Waals surface area contributed by atoms with E-state index >= 15 is 0 Å². The number of carbonyl (C=O) groups is 1. The van der Waals surface area contributed by atoms with Gasteiger partial charge in [-0.2, -0.15) is 0 Å². The first-order valence-electron chi connectivity index (χ1n) is 8.56. The smallest absolute Gasteiger partial charge is 0.273 e. The van der Waals surface area contributed by atoms with Crippen molar-refractivity contribution in [2.45, 2.75) is 13.5 Å². The van der Waals surface area contributed by atoms with E-state index in [-0.39, 0.29) is 24.0 Å². The molecule has 4 rings (SSSR count). The van der Waals surface area contributed by atoms with Gasteiger partial charge in [-0.15, -0.1) is 0 Å². The molecule has 2 N–H and O–H groups in total. The maximum absolute atomic E-state index is 13.7. The maximum Gasteiger partial charge on any atom is 0.273 e. The first-order valence-corrected chi connectivity index (χ1v) is 8.56. The molecule has 0 radical (unpaired) electrons. The van der Waals surface area contributed by atoms with Gasteiger partial charge in [0.05, 0.1) is 23.6 Å². The molecule has 0 fully saturated rings. The first-order chi connectivity index (χ1) is 13.6. The summed E-state index contributed by atoms with van der Waals surface area (Å²) in [5.74, 6) is 0.221. The number of rotatable bonds is 5. The van der Waals surface area contributed by atoms with Gasteiger partial charge in [-0.05, 0) is 31.2 Å². The number of pyridine rings is 1. The van der Waals surface area contributed by atoms with Crippen LogP contribution in [-0.4, -0.2) is 25.8 Å². The summed E-state index contributed by atoms with van der Waals surface area (Å²) in [5, 5.41) is 2.75. The van der Waals surface area contributed by atoms with E-state index in [0.717, 1.165) is 0 Å². The fourth-order valence-electron chi connectivity index (χ4n) is 2.82. The summed E-state index contributed by atoms with van der Waals surface area (Å²) in [5.41, 5.74) is 2.70. The molecule has 4 aromatic rings. The van der Waals surface area contributed by atoms with Gasteiger partial charge in [-0.3, -0.25) is 9.78 Å². The van der Waals surface area contributed by atoms with Crippen molar-refractivity contribution in [3.05, 3.63) is 78.2 Å². The zero-order valence-corrected chi connectivity index (χ0v) is 14.9. The Morgan fingerprint density at radius 1 is 1.21 bits per heavy atom. The van der Waals surface area contributed by atoms with Crippen molar-refractivity contribution in [2.75, 3.05) is 0 Å². The third-order valence-corrected chi connectivity index (χ3v) is 4.15. The van der Waals surface area contributed by atoms with E-state index in [1.165, 1.54) is 18.5 Å². The van der Waals surface area contributed by atoms with Crippen molar-refractivity contribution in [3.63, 3.8) is 0 Å². The Labute approximate surface area is 159 Å². The highest BCUT2D eigenvalue weighted by Crippen LogP contribution is 2.29. The molecule has 140 valence electrons. The van der Waals surface area contributed by atoms with Gasteiger partial charge in [0.15, 0.2) is 12.1 Å². The normalized spacial score (nSPS) is 10.8. The number of aromatic amines is 1. The predicted molar refractivity (Wildman–Crippen MR) is 99.6 cm³/mol. The molecule has 0 saturated heterocycles. The van der Waals surface area contributed by atoms with Gasteiger partial charge in [0, 0.05) is 11.8 Å². The van der Waals surface area contributed by atoms with Crippen LogP contribution in [0.2, 0.25) is 0 Å². The van der Waals surface area contributed by atoms with Crippen LogP contribution in [0, 0.1) is 12.7 Å². The third-order valence-electron chi connectivity index (χ3n) is 4.15. The fourth-order valence-corrected chi connectivity index (χ4v) is 2.82. The molecule has 0 aliphatic rings. The summed E-state index contributed by atoms with van der Waals surface area (Å²) in [4.78, 5) is 28.2. The van der Waals surface area contributed by atoms with Crippen LogP contribution in [0.4, 0.5) is 4.39 Å². The Hall–Kier alpha value is -3.81. The number of aromatic nitrogens is 4. The molecular formula is C20H16FN5O2. The van der Waals surface area contributed by atoms with E-state index in [0.29, 0.717) is 34.2 Å². The largest absolute Gasteiger partial charge is 0.448 e. The van der Waals surface area contributed by atoms with Crippen molar-refractivity contribution in [3.8, 4) is 22.6 Å². The molecule has 1 aromatic carbocycles. The summed E-state index contributed by atoms with van der Waals surface area (Å²) in [6.07, 6.45) is 2.89. The molecule has 0 saturated carbocycles. The second-order valence-corrected chi connectivity index (χ2v) is 6.07. The molecule has 0 spiro atoms. The molecule has 0 unspecified atom stereocenters. The van der Waals surface area contributed by atoms with Gasteiger partial charge < -0.3 is 14.7 Å². The number of oxazole rings is 1. The minimum Gasteiger partial charge on any atom is -0.448 e. The molecule has 1 amide bonds. The number of amides is 1. The number of hydrogen-bond donors (Lipinski definition) is 2. The lowest BCUT2D eigenvalue weighted by Crippen LogP contribution is -2.24. The van der Waals surface area contributed by atoms with Crippen molar-refractivity contribution < 1.29 is 13.6 Å². The van der Waals surface area contributed by atoms with Crippen molar-refractivity contribution in [1.82, 2.24) is 25.3 Å². The molecule has 0 aliphatic heterocycles. The number of nitrogens with one attached hydrogen (secondary N) is 2.